The average Bonchev–Trinajstić information content (AvgIpc) is 3.37. The van der Waals surface area contributed by atoms with Gasteiger partial charge in [-0.1, -0.05) is 199 Å². The van der Waals surface area contributed by atoms with E-state index in [1.165, 1.54) is 6.42 Å². The van der Waals surface area contributed by atoms with E-state index in [0.29, 0.717) is 19.3 Å². The highest BCUT2D eigenvalue weighted by atomic mass is 31.2. The lowest BCUT2D eigenvalue weighted by Crippen LogP contribution is -2.30. The van der Waals surface area contributed by atoms with E-state index in [-0.39, 0.29) is 19.3 Å². The van der Waals surface area contributed by atoms with Gasteiger partial charge in [-0.25, -0.2) is 4.57 Å². The lowest BCUT2D eigenvalue weighted by molar-refractivity contribution is -0.160. The average molecular weight is 1020 g/mol. The van der Waals surface area contributed by atoms with Crippen LogP contribution in [0, 0.1) is 0 Å². The zero-order chi connectivity index (χ0) is 52.7. The van der Waals surface area contributed by atoms with E-state index in [9.17, 15) is 28.9 Å². The van der Waals surface area contributed by atoms with Gasteiger partial charge in [0.1, 0.15) is 12.7 Å². The van der Waals surface area contributed by atoms with E-state index < -0.39 is 64.4 Å². The normalized spacial score (nSPS) is 14.6. The Bertz CT molecular complexity index is 1760. The zero-order valence-corrected chi connectivity index (χ0v) is 45.2. The SMILES string of the molecule is CC/C=C\C/C=C\C/C=C\C/C=C\C/C=C\CC(=O)OC(COC(=O)CCCCCCCCC/C=C\C/C=C\C/C=C\CC)COP(=O)(O)OCC(CO)OC(=O)CC/C=C\C/C=C\C/C=C\C/C=C\CC. The fraction of sp³-hybridized carbons (Fsp3) is 0.550. The summed E-state index contributed by atoms with van der Waals surface area (Å²) in [4.78, 5) is 48.3. The predicted octanol–water partition coefficient (Wildman–Crippen LogP) is 15.6. The van der Waals surface area contributed by atoms with Gasteiger partial charge in [-0.3, -0.25) is 23.4 Å². The Morgan fingerprint density at radius 2 is 0.764 bits per heavy atom. The molecular weight excluding hydrogens is 928 g/mol. The Labute approximate surface area is 435 Å². The van der Waals surface area contributed by atoms with Gasteiger partial charge in [-0.15, -0.1) is 0 Å². The van der Waals surface area contributed by atoms with Crippen LogP contribution >= 0.6 is 7.82 Å². The van der Waals surface area contributed by atoms with Crippen molar-refractivity contribution in [2.75, 3.05) is 26.4 Å². The highest BCUT2D eigenvalue weighted by Gasteiger charge is 2.28. The minimum atomic E-state index is -4.80. The Hall–Kier alpha value is -4.64. The van der Waals surface area contributed by atoms with Crippen molar-refractivity contribution in [3.8, 4) is 0 Å². The van der Waals surface area contributed by atoms with E-state index in [1.807, 2.05) is 36.5 Å². The molecule has 3 unspecified atom stereocenters. The number of hydrogen-bond acceptors (Lipinski definition) is 10. The van der Waals surface area contributed by atoms with Crippen LogP contribution in [0.3, 0.4) is 0 Å². The van der Waals surface area contributed by atoms with Gasteiger partial charge >= 0.3 is 25.7 Å². The molecule has 0 saturated carbocycles. The monoisotopic (exact) mass is 1020 g/mol. The number of aliphatic hydroxyl groups is 1. The second kappa shape index (κ2) is 52.7. The standard InChI is InChI=1S/C60H93O11P/c1-4-7-10-13-16-19-22-25-27-28-30-32-34-37-40-43-46-49-58(62)67-53-57(71-60(64)51-48-45-42-39-36-33-29-26-23-20-17-14-11-8-5-2)55-69-72(65,66)68-54-56(52-61)70-59(63)50-47-44-41-38-35-31-24-21-18-15-12-9-6-3/h7-12,16-21,25-27,29,31,35-36,39,41,44-45,48,56-57,61H,4-6,13-15,22-24,28,30,32-34,37-38,40,42-43,46-47,49-55H2,1-3H3,(H,65,66)/b10-7-,11-8-,12-9-,19-16-,20-17-,21-18-,27-25-,29-26-,35-31-,39-36-,44-41-,48-45-. The van der Waals surface area contributed by atoms with Gasteiger partial charge < -0.3 is 24.2 Å². The number of allylic oxidation sites excluding steroid dienone is 23. The second-order valence-electron chi connectivity index (χ2n) is 16.9. The molecule has 404 valence electrons. The molecule has 12 heteroatoms. The van der Waals surface area contributed by atoms with Crippen molar-refractivity contribution in [3.05, 3.63) is 146 Å². The molecule has 0 aliphatic heterocycles. The maximum absolute atomic E-state index is 12.9. The van der Waals surface area contributed by atoms with Crippen LogP contribution in [-0.2, 0) is 42.2 Å². The number of phosphoric acid groups is 1. The Morgan fingerprint density at radius 1 is 0.403 bits per heavy atom. The molecule has 0 aliphatic rings. The van der Waals surface area contributed by atoms with Gasteiger partial charge in [0.25, 0.3) is 0 Å². The summed E-state index contributed by atoms with van der Waals surface area (Å²) in [5.41, 5.74) is 0. The molecule has 0 heterocycles. The number of phosphoric ester groups is 1. The first-order valence-electron chi connectivity index (χ1n) is 26.7. The Morgan fingerprint density at radius 3 is 1.21 bits per heavy atom. The highest BCUT2D eigenvalue weighted by Crippen LogP contribution is 2.43. The summed E-state index contributed by atoms with van der Waals surface area (Å²) < 4.78 is 39.2. The molecule has 0 aromatic rings. The van der Waals surface area contributed by atoms with Gasteiger partial charge in [0.15, 0.2) is 6.10 Å². The smallest absolute Gasteiger partial charge is 0.462 e. The molecule has 0 radical (unpaired) electrons. The Kier molecular flexibility index (Phi) is 49.3. The Balaban J connectivity index is 4.94. The summed E-state index contributed by atoms with van der Waals surface area (Å²) in [6.07, 6.45) is 67.2. The maximum Gasteiger partial charge on any atom is 0.472 e. The van der Waals surface area contributed by atoms with Crippen molar-refractivity contribution in [1.29, 1.82) is 0 Å². The number of carbonyl (C=O) groups excluding carboxylic acids is 3. The summed E-state index contributed by atoms with van der Waals surface area (Å²) in [5, 5.41) is 9.77. The fourth-order valence-corrected chi connectivity index (χ4v) is 7.12. The third kappa shape index (κ3) is 50.3. The summed E-state index contributed by atoms with van der Waals surface area (Å²) >= 11 is 0. The number of aliphatic hydroxyl groups excluding tert-OH is 1. The van der Waals surface area contributed by atoms with Crippen molar-refractivity contribution < 1.29 is 52.2 Å². The van der Waals surface area contributed by atoms with E-state index >= 15 is 0 Å². The molecule has 0 spiro atoms. The van der Waals surface area contributed by atoms with Gasteiger partial charge in [0, 0.05) is 12.8 Å². The largest absolute Gasteiger partial charge is 0.472 e. The number of carbonyl (C=O) groups is 3. The summed E-state index contributed by atoms with van der Waals surface area (Å²) in [7, 11) is -4.80. The molecule has 0 rings (SSSR count). The van der Waals surface area contributed by atoms with Crippen molar-refractivity contribution in [1.82, 2.24) is 0 Å². The van der Waals surface area contributed by atoms with Crippen LogP contribution in [0.1, 0.15) is 175 Å². The molecule has 2 N–H and O–H groups in total. The van der Waals surface area contributed by atoms with E-state index in [1.54, 1.807) is 6.08 Å². The van der Waals surface area contributed by atoms with Crippen LogP contribution < -0.4 is 0 Å². The molecule has 72 heavy (non-hydrogen) atoms. The van der Waals surface area contributed by atoms with Crippen LogP contribution in [0.15, 0.2) is 146 Å². The molecule has 0 aliphatic carbocycles. The molecule has 0 amide bonds. The van der Waals surface area contributed by atoms with Gasteiger partial charge in [-0.2, -0.15) is 0 Å². The topological polar surface area (TPSA) is 155 Å². The summed E-state index contributed by atoms with van der Waals surface area (Å²) in [5.74, 6) is -1.74. The minimum Gasteiger partial charge on any atom is -0.462 e. The number of ether oxygens (including phenoxy) is 3. The van der Waals surface area contributed by atoms with Gasteiger partial charge in [0.05, 0.1) is 26.2 Å². The zero-order valence-electron chi connectivity index (χ0n) is 44.3. The first-order chi connectivity index (χ1) is 35.2. The molecule has 0 saturated heterocycles. The quantitative estimate of drug-likeness (QED) is 0.0197. The summed E-state index contributed by atoms with van der Waals surface area (Å²) in [6, 6.07) is 0. The molecule has 0 bridgehead atoms. The van der Waals surface area contributed by atoms with E-state index in [2.05, 4.69) is 124 Å². The summed E-state index contributed by atoms with van der Waals surface area (Å²) in [6.45, 7) is 4.06. The van der Waals surface area contributed by atoms with Crippen LogP contribution in [0.4, 0.5) is 0 Å². The van der Waals surface area contributed by atoms with Crippen molar-refractivity contribution in [2.45, 2.75) is 187 Å². The molecule has 0 fully saturated rings. The molecule has 3 atom stereocenters. The van der Waals surface area contributed by atoms with Crippen LogP contribution in [0.2, 0.25) is 0 Å². The maximum atomic E-state index is 12.9. The highest BCUT2D eigenvalue weighted by molar-refractivity contribution is 7.47. The third-order valence-corrected chi connectivity index (χ3v) is 11.2. The van der Waals surface area contributed by atoms with E-state index in [4.69, 9.17) is 23.3 Å². The number of hydrogen-bond donors (Lipinski definition) is 2. The van der Waals surface area contributed by atoms with Crippen molar-refractivity contribution in [2.24, 2.45) is 0 Å². The van der Waals surface area contributed by atoms with Crippen LogP contribution in [0.25, 0.3) is 0 Å². The lowest BCUT2D eigenvalue weighted by Gasteiger charge is -2.21. The fourth-order valence-electron chi connectivity index (χ4n) is 6.34. The molecular formula is C60H93O11P. The third-order valence-electron chi connectivity index (χ3n) is 10.3. The number of rotatable bonds is 47. The molecule has 0 aromatic carbocycles. The number of esters is 3. The predicted molar refractivity (Wildman–Crippen MR) is 297 cm³/mol. The van der Waals surface area contributed by atoms with Crippen LogP contribution in [-0.4, -0.2) is 66.5 Å². The number of unbranched alkanes of at least 4 members (excludes halogenated alkanes) is 7. The van der Waals surface area contributed by atoms with Crippen LogP contribution in [0.5, 0.6) is 0 Å². The first kappa shape index (κ1) is 67.4. The van der Waals surface area contributed by atoms with Gasteiger partial charge in [-0.05, 0) is 103 Å². The van der Waals surface area contributed by atoms with Crippen molar-refractivity contribution >= 4 is 25.7 Å². The first-order valence-corrected chi connectivity index (χ1v) is 28.2. The lowest BCUT2D eigenvalue weighted by atomic mass is 10.1. The minimum absolute atomic E-state index is 0.0402. The second-order valence-corrected chi connectivity index (χ2v) is 18.4. The molecule has 0 aromatic heterocycles. The van der Waals surface area contributed by atoms with Crippen molar-refractivity contribution in [3.63, 3.8) is 0 Å². The molecule has 11 nitrogen and oxygen atoms in total. The van der Waals surface area contributed by atoms with Gasteiger partial charge in [0.2, 0.25) is 0 Å². The van der Waals surface area contributed by atoms with E-state index in [0.717, 1.165) is 109 Å².